The smallest absolute Gasteiger partial charge is 0.412 e. The van der Waals surface area contributed by atoms with Gasteiger partial charge in [-0.15, -0.1) is 12.4 Å². The summed E-state index contributed by atoms with van der Waals surface area (Å²) in [5.41, 5.74) is 1.51. The van der Waals surface area contributed by atoms with E-state index in [4.69, 9.17) is 4.74 Å². The van der Waals surface area contributed by atoms with Crippen molar-refractivity contribution in [2.24, 2.45) is 0 Å². The molecule has 1 atom stereocenters. The largest absolute Gasteiger partial charge is 0.437 e. The lowest BCUT2D eigenvalue weighted by molar-refractivity contribution is -0.160. The Morgan fingerprint density at radius 2 is 1.53 bits per heavy atom. The Morgan fingerprint density at radius 3 is 1.97 bits per heavy atom. The van der Waals surface area contributed by atoms with Crippen molar-refractivity contribution < 1.29 is 14.6 Å². The van der Waals surface area contributed by atoms with Gasteiger partial charge >= 0.3 is 6.09 Å². The summed E-state index contributed by atoms with van der Waals surface area (Å²) in [6.45, 7) is 4.02. The molecule has 2 aromatic carbocycles. The third-order valence-corrected chi connectivity index (χ3v) is 6.46. The minimum Gasteiger partial charge on any atom is -0.437 e. The molecule has 1 spiro atoms. The third-order valence-electron chi connectivity index (χ3n) is 6.46. The quantitative estimate of drug-likeness (QED) is 0.794. The van der Waals surface area contributed by atoms with Crippen LogP contribution in [0.25, 0.3) is 5.57 Å². The normalized spacial score (nSPS) is 23.0. The number of carbonyl (C=O) groups is 1. The Kier molecular flexibility index (Phi) is 6.56. The minimum absolute atomic E-state index is 0. The zero-order valence-electron chi connectivity index (χ0n) is 17.5. The van der Waals surface area contributed by atoms with Gasteiger partial charge in [0.2, 0.25) is 0 Å². The fourth-order valence-electron chi connectivity index (χ4n) is 4.35. The monoisotopic (exact) mass is 428 g/mol. The fourth-order valence-corrected chi connectivity index (χ4v) is 4.35. The van der Waals surface area contributed by atoms with Crippen molar-refractivity contribution in [3.63, 3.8) is 0 Å². The zero-order chi connectivity index (χ0) is 20.5. The van der Waals surface area contributed by atoms with Crippen LogP contribution in [-0.2, 0) is 4.74 Å². The van der Waals surface area contributed by atoms with E-state index in [9.17, 15) is 9.90 Å². The molecule has 2 fully saturated rings. The van der Waals surface area contributed by atoms with Gasteiger partial charge in [-0.25, -0.2) is 4.79 Å². The number of carbonyl (C=O) groups excluding carboxylic acids is 1. The summed E-state index contributed by atoms with van der Waals surface area (Å²) in [6.07, 6.45) is 3.07. The van der Waals surface area contributed by atoms with Gasteiger partial charge in [0.15, 0.2) is 11.3 Å². The topological polar surface area (TPSA) is 53.0 Å². The summed E-state index contributed by atoms with van der Waals surface area (Å²) in [5, 5.41) is 10.9. The van der Waals surface area contributed by atoms with Crippen molar-refractivity contribution in [1.82, 2.24) is 9.80 Å². The number of halogens is 1. The summed E-state index contributed by atoms with van der Waals surface area (Å²) in [5.74, 6) is 0. The van der Waals surface area contributed by atoms with Crippen molar-refractivity contribution in [2.45, 2.75) is 31.1 Å². The van der Waals surface area contributed by atoms with Gasteiger partial charge in [-0.1, -0.05) is 66.7 Å². The molecule has 0 bridgehead atoms. The molecule has 30 heavy (non-hydrogen) atoms. The third kappa shape index (κ3) is 3.97. The molecule has 4 rings (SSSR count). The Labute approximate surface area is 184 Å². The molecule has 1 N–H and O–H groups in total. The SMILES string of the molecule is CN1C(=O)OC2(CCN(CC=C(c3ccccc3)c3ccccc3)CC2)C1(C)O.Cl. The van der Waals surface area contributed by atoms with E-state index < -0.39 is 17.4 Å². The first-order valence-corrected chi connectivity index (χ1v) is 10.2. The Bertz CT molecular complexity index is 850. The van der Waals surface area contributed by atoms with Crippen LogP contribution in [0.3, 0.4) is 0 Å². The fraction of sp³-hybridized carbons (Fsp3) is 0.375. The van der Waals surface area contributed by atoms with E-state index in [-0.39, 0.29) is 12.4 Å². The van der Waals surface area contributed by atoms with Gasteiger partial charge in [0.1, 0.15) is 0 Å². The predicted molar refractivity (Wildman–Crippen MR) is 120 cm³/mol. The summed E-state index contributed by atoms with van der Waals surface area (Å²) in [6, 6.07) is 20.8. The summed E-state index contributed by atoms with van der Waals surface area (Å²) in [4.78, 5) is 15.7. The number of ether oxygens (including phenoxy) is 1. The van der Waals surface area contributed by atoms with Gasteiger partial charge in [-0.05, 0) is 23.6 Å². The molecule has 2 saturated heterocycles. The molecule has 0 radical (unpaired) electrons. The van der Waals surface area contributed by atoms with E-state index >= 15 is 0 Å². The van der Waals surface area contributed by atoms with E-state index in [1.807, 2.05) is 12.1 Å². The van der Waals surface area contributed by atoms with Crippen molar-refractivity contribution >= 4 is 24.1 Å². The van der Waals surface area contributed by atoms with Crippen LogP contribution >= 0.6 is 12.4 Å². The van der Waals surface area contributed by atoms with Gasteiger partial charge in [-0.2, -0.15) is 0 Å². The number of likely N-dealkylation sites (tertiary alicyclic amines) is 1. The van der Waals surface area contributed by atoms with Crippen LogP contribution in [0, 0.1) is 0 Å². The lowest BCUT2D eigenvalue weighted by Gasteiger charge is -2.44. The van der Waals surface area contributed by atoms with Gasteiger partial charge in [-0.3, -0.25) is 9.80 Å². The molecule has 0 saturated carbocycles. The molecule has 2 heterocycles. The van der Waals surface area contributed by atoms with E-state index in [0.29, 0.717) is 12.8 Å². The highest BCUT2D eigenvalue weighted by molar-refractivity contribution is 5.85. The first-order valence-electron chi connectivity index (χ1n) is 10.2. The van der Waals surface area contributed by atoms with Crippen LogP contribution in [0.15, 0.2) is 66.7 Å². The molecule has 160 valence electrons. The second-order valence-electron chi connectivity index (χ2n) is 8.09. The average Bonchev–Trinajstić information content (AvgIpc) is 2.91. The summed E-state index contributed by atoms with van der Waals surface area (Å²) < 4.78 is 5.62. The standard InChI is InChI=1S/C24H28N2O3.ClH/c1-23(28)24(29-22(27)25(23)2)14-17-26(18-15-24)16-13-21(19-9-5-3-6-10-19)20-11-7-4-8-12-20;/h3-13,28H,14-18H2,1-2H3;1H. The Balaban J connectivity index is 0.00000256. The van der Waals surface area contributed by atoms with Crippen LogP contribution in [0.2, 0.25) is 0 Å². The van der Waals surface area contributed by atoms with Crippen molar-refractivity contribution in [3.05, 3.63) is 77.9 Å². The highest BCUT2D eigenvalue weighted by atomic mass is 35.5. The lowest BCUT2D eigenvalue weighted by atomic mass is 9.82. The maximum atomic E-state index is 12.0. The number of nitrogens with zero attached hydrogens (tertiary/aromatic N) is 2. The first kappa shape index (κ1) is 22.3. The molecule has 0 aromatic heterocycles. The van der Waals surface area contributed by atoms with Gasteiger partial charge < -0.3 is 9.84 Å². The summed E-state index contributed by atoms with van der Waals surface area (Å²) >= 11 is 0. The molecule has 2 aromatic rings. The highest BCUT2D eigenvalue weighted by Gasteiger charge is 2.61. The predicted octanol–water partition coefficient (Wildman–Crippen LogP) is 4.17. The maximum Gasteiger partial charge on any atom is 0.412 e. The van der Waals surface area contributed by atoms with Crippen LogP contribution in [-0.4, -0.2) is 59.0 Å². The number of amides is 1. The molecular weight excluding hydrogens is 400 g/mol. The molecule has 1 amide bonds. The first-order chi connectivity index (χ1) is 13.9. The van der Waals surface area contributed by atoms with Crippen LogP contribution in [0.4, 0.5) is 4.79 Å². The molecule has 0 aliphatic carbocycles. The number of likely N-dealkylation sites (N-methyl/N-ethyl adjacent to an activating group) is 1. The molecule has 5 nitrogen and oxygen atoms in total. The zero-order valence-corrected chi connectivity index (χ0v) is 18.3. The second-order valence-corrected chi connectivity index (χ2v) is 8.09. The minimum atomic E-state index is -1.27. The molecular formula is C24H29ClN2O3. The Morgan fingerprint density at radius 1 is 1.03 bits per heavy atom. The van der Waals surface area contributed by atoms with Crippen molar-refractivity contribution in [3.8, 4) is 0 Å². The van der Waals surface area contributed by atoms with E-state index in [1.54, 1.807) is 14.0 Å². The highest BCUT2D eigenvalue weighted by Crippen LogP contribution is 2.43. The number of hydrogen-bond donors (Lipinski definition) is 1. The van der Waals surface area contributed by atoms with Crippen LogP contribution < -0.4 is 0 Å². The maximum absolute atomic E-state index is 12.0. The number of aliphatic hydroxyl groups is 1. The number of hydrogen-bond acceptors (Lipinski definition) is 4. The molecule has 2 aliphatic rings. The average molecular weight is 429 g/mol. The van der Waals surface area contributed by atoms with E-state index in [2.05, 4.69) is 59.5 Å². The second kappa shape index (κ2) is 8.80. The molecule has 1 unspecified atom stereocenters. The van der Waals surface area contributed by atoms with Gasteiger partial charge in [0.05, 0.1) is 0 Å². The number of piperidine rings is 1. The molecule has 6 heteroatoms. The van der Waals surface area contributed by atoms with Crippen molar-refractivity contribution in [2.75, 3.05) is 26.7 Å². The van der Waals surface area contributed by atoms with E-state index in [1.165, 1.54) is 21.6 Å². The van der Waals surface area contributed by atoms with Crippen molar-refractivity contribution in [1.29, 1.82) is 0 Å². The van der Waals surface area contributed by atoms with Gasteiger partial charge in [0, 0.05) is 39.5 Å². The number of benzene rings is 2. The number of rotatable bonds is 4. The summed E-state index contributed by atoms with van der Waals surface area (Å²) in [7, 11) is 1.60. The van der Waals surface area contributed by atoms with Crippen LogP contribution in [0.1, 0.15) is 30.9 Å². The van der Waals surface area contributed by atoms with Gasteiger partial charge in [0.25, 0.3) is 0 Å². The van der Waals surface area contributed by atoms with E-state index in [0.717, 1.165) is 19.6 Å². The van der Waals surface area contributed by atoms with Crippen LogP contribution in [0.5, 0.6) is 0 Å². The Hall–Kier alpha value is -2.34. The lowest BCUT2D eigenvalue weighted by Crippen LogP contribution is -2.59. The molecule has 2 aliphatic heterocycles.